The Morgan fingerprint density at radius 2 is 1.95 bits per heavy atom. The van der Waals surface area contributed by atoms with Gasteiger partial charge in [0.1, 0.15) is 0 Å². The van der Waals surface area contributed by atoms with Crippen LogP contribution in [-0.2, 0) is 21.3 Å². The largest absolute Gasteiger partial charge is 0.326 e. The van der Waals surface area contributed by atoms with Gasteiger partial charge in [-0.1, -0.05) is 23.2 Å². The van der Waals surface area contributed by atoms with Crippen molar-refractivity contribution in [1.29, 1.82) is 0 Å². The maximum absolute atomic E-state index is 12.3. The van der Waals surface area contributed by atoms with E-state index < -0.39 is 10.8 Å². The van der Waals surface area contributed by atoms with E-state index in [4.69, 9.17) is 23.2 Å². The van der Waals surface area contributed by atoms with Gasteiger partial charge in [0, 0.05) is 23.7 Å². The van der Waals surface area contributed by atoms with Gasteiger partial charge in [0.2, 0.25) is 5.91 Å². The Kier molecular flexibility index (Phi) is 5.33. The highest BCUT2D eigenvalue weighted by Crippen LogP contribution is 2.22. The molecule has 2 aromatic rings. The summed E-state index contributed by atoms with van der Waals surface area (Å²) in [6.45, 7) is 1.43. The summed E-state index contributed by atoms with van der Waals surface area (Å²) >= 11 is 11.8. The van der Waals surface area contributed by atoms with E-state index in [0.29, 0.717) is 26.3 Å². The van der Waals surface area contributed by atoms with Crippen LogP contribution in [0.2, 0.25) is 10.0 Å². The zero-order chi connectivity index (χ0) is 15.4. The van der Waals surface area contributed by atoms with E-state index in [1.165, 1.54) is 13.1 Å². The molecule has 0 saturated carbocycles. The molecule has 0 aliphatic carbocycles. The third-order valence-electron chi connectivity index (χ3n) is 2.59. The molecule has 0 fully saturated rings. The summed E-state index contributed by atoms with van der Waals surface area (Å²) < 4.78 is 12.3. The molecule has 1 heterocycles. The van der Waals surface area contributed by atoms with Gasteiger partial charge in [-0.3, -0.25) is 14.0 Å². The minimum absolute atomic E-state index is 0.152. The van der Waals surface area contributed by atoms with Crippen molar-refractivity contribution in [3.8, 4) is 0 Å². The van der Waals surface area contributed by atoms with E-state index in [0.717, 1.165) is 0 Å². The molecule has 1 aromatic carbocycles. The van der Waals surface area contributed by atoms with Crippen LogP contribution < -0.4 is 5.32 Å². The highest BCUT2D eigenvalue weighted by molar-refractivity contribution is 7.84. The van der Waals surface area contributed by atoms with Gasteiger partial charge in [0.05, 0.1) is 32.3 Å². The average molecular weight is 343 g/mol. The Labute approximate surface area is 134 Å². The summed E-state index contributed by atoms with van der Waals surface area (Å²) in [5.74, 6) is 0.0520. The molecule has 1 N–H and O–H groups in total. The number of carbonyl (C=O) groups excluding carboxylic acids is 1. The number of hydrogen-bond acceptors (Lipinski definition) is 3. The van der Waals surface area contributed by atoms with Crippen molar-refractivity contribution < 1.29 is 9.00 Å². The van der Waals surface area contributed by atoms with E-state index in [9.17, 15) is 9.00 Å². The van der Waals surface area contributed by atoms with Crippen molar-refractivity contribution in [3.63, 3.8) is 0 Å². The molecule has 1 aromatic heterocycles. The van der Waals surface area contributed by atoms with Crippen LogP contribution in [0.1, 0.15) is 12.6 Å². The fourth-order valence-corrected chi connectivity index (χ4v) is 3.26. The fourth-order valence-electron chi connectivity index (χ4n) is 1.65. The Morgan fingerprint density at radius 1 is 1.29 bits per heavy atom. The second-order valence-electron chi connectivity index (χ2n) is 4.28. The van der Waals surface area contributed by atoms with Crippen LogP contribution >= 0.6 is 23.2 Å². The second-order valence-corrected chi connectivity index (χ2v) is 6.57. The van der Waals surface area contributed by atoms with Crippen LogP contribution in [-0.4, -0.2) is 15.1 Å². The maximum Gasteiger partial charge on any atom is 0.221 e. The lowest BCUT2D eigenvalue weighted by Crippen LogP contribution is -2.06. The Balaban J connectivity index is 2.11. The number of rotatable bonds is 4. The first-order valence-electron chi connectivity index (χ1n) is 6.01. The minimum atomic E-state index is -1.27. The van der Waals surface area contributed by atoms with Gasteiger partial charge < -0.3 is 5.32 Å². The molecular weight excluding hydrogens is 331 g/mol. The van der Waals surface area contributed by atoms with Crippen molar-refractivity contribution in [2.24, 2.45) is 0 Å². The molecule has 0 saturated heterocycles. The molecular formula is C14H12Cl2N2O2S. The predicted octanol–water partition coefficient (Wildman–Crippen LogP) is 3.65. The van der Waals surface area contributed by atoms with E-state index in [1.807, 2.05) is 0 Å². The standard InChI is InChI=1S/C14H12Cl2N2O2S/c1-9(19)18-11-2-4-12(5-3-11)21(20)8-14-13(16)6-10(15)7-17-14/h2-7H,8H2,1H3,(H,18,19)/t21-/m0/s1. The highest BCUT2D eigenvalue weighted by Gasteiger charge is 2.10. The van der Waals surface area contributed by atoms with Crippen LogP contribution in [0.15, 0.2) is 41.4 Å². The minimum Gasteiger partial charge on any atom is -0.326 e. The van der Waals surface area contributed by atoms with Gasteiger partial charge in [-0.25, -0.2) is 0 Å². The van der Waals surface area contributed by atoms with Gasteiger partial charge in [-0.05, 0) is 30.3 Å². The van der Waals surface area contributed by atoms with Crippen molar-refractivity contribution in [2.45, 2.75) is 17.6 Å². The first-order chi connectivity index (χ1) is 9.95. The molecule has 0 bridgehead atoms. The second kappa shape index (κ2) is 7.02. The van der Waals surface area contributed by atoms with Crippen LogP contribution in [0.25, 0.3) is 0 Å². The smallest absolute Gasteiger partial charge is 0.221 e. The van der Waals surface area contributed by atoms with Crippen molar-refractivity contribution in [1.82, 2.24) is 4.98 Å². The van der Waals surface area contributed by atoms with Crippen LogP contribution in [0, 0.1) is 0 Å². The summed E-state index contributed by atoms with van der Waals surface area (Å²) in [7, 11) is -1.27. The van der Waals surface area contributed by atoms with Crippen LogP contribution in [0.4, 0.5) is 5.69 Å². The summed E-state index contributed by atoms with van der Waals surface area (Å²) in [5.41, 5.74) is 1.19. The third kappa shape index (κ3) is 4.52. The Hall–Kier alpha value is -1.43. The number of anilines is 1. The van der Waals surface area contributed by atoms with Crippen molar-refractivity contribution in [3.05, 3.63) is 52.3 Å². The molecule has 0 spiro atoms. The topological polar surface area (TPSA) is 59.1 Å². The van der Waals surface area contributed by atoms with E-state index >= 15 is 0 Å². The normalized spacial score (nSPS) is 12.0. The lowest BCUT2D eigenvalue weighted by molar-refractivity contribution is -0.114. The zero-order valence-corrected chi connectivity index (χ0v) is 13.4. The monoisotopic (exact) mass is 342 g/mol. The lowest BCUT2D eigenvalue weighted by atomic mass is 10.3. The molecule has 0 aliphatic heterocycles. The molecule has 2 rings (SSSR count). The van der Waals surface area contributed by atoms with E-state index in [1.54, 1.807) is 30.3 Å². The number of carbonyl (C=O) groups is 1. The van der Waals surface area contributed by atoms with Crippen LogP contribution in [0.5, 0.6) is 0 Å². The quantitative estimate of drug-likeness (QED) is 0.922. The first kappa shape index (κ1) is 15.9. The summed E-state index contributed by atoms with van der Waals surface area (Å²) in [5, 5.41) is 3.48. The number of halogens is 2. The summed E-state index contributed by atoms with van der Waals surface area (Å²) in [6, 6.07) is 8.37. The van der Waals surface area contributed by atoms with Gasteiger partial charge in [0.25, 0.3) is 0 Å². The number of amides is 1. The van der Waals surface area contributed by atoms with Gasteiger partial charge in [-0.15, -0.1) is 0 Å². The third-order valence-corrected chi connectivity index (χ3v) is 4.46. The summed E-state index contributed by atoms with van der Waals surface area (Å²) in [4.78, 5) is 15.7. The molecule has 21 heavy (non-hydrogen) atoms. The van der Waals surface area contributed by atoms with Gasteiger partial charge >= 0.3 is 0 Å². The van der Waals surface area contributed by atoms with Crippen LogP contribution in [0.3, 0.4) is 0 Å². The molecule has 0 radical (unpaired) electrons. The molecule has 110 valence electrons. The molecule has 0 unspecified atom stereocenters. The van der Waals surface area contributed by atoms with E-state index in [2.05, 4.69) is 10.3 Å². The molecule has 0 aliphatic rings. The maximum atomic E-state index is 12.3. The number of aromatic nitrogens is 1. The average Bonchev–Trinajstić information content (AvgIpc) is 2.42. The van der Waals surface area contributed by atoms with Gasteiger partial charge in [0.15, 0.2) is 0 Å². The first-order valence-corrected chi connectivity index (χ1v) is 8.09. The molecule has 1 atom stereocenters. The number of pyridine rings is 1. The zero-order valence-electron chi connectivity index (χ0n) is 11.1. The Morgan fingerprint density at radius 3 is 2.52 bits per heavy atom. The molecule has 7 heteroatoms. The molecule has 4 nitrogen and oxygen atoms in total. The SMILES string of the molecule is CC(=O)Nc1ccc([S@@](=O)Cc2ncc(Cl)cc2Cl)cc1. The molecule has 1 amide bonds. The highest BCUT2D eigenvalue weighted by atomic mass is 35.5. The number of nitrogens with one attached hydrogen (secondary N) is 1. The number of benzene rings is 1. The lowest BCUT2D eigenvalue weighted by Gasteiger charge is -2.06. The summed E-state index contributed by atoms with van der Waals surface area (Å²) in [6.07, 6.45) is 1.47. The fraction of sp³-hybridized carbons (Fsp3) is 0.143. The number of hydrogen-bond donors (Lipinski definition) is 1. The van der Waals surface area contributed by atoms with Gasteiger partial charge in [-0.2, -0.15) is 0 Å². The van der Waals surface area contributed by atoms with E-state index in [-0.39, 0.29) is 11.7 Å². The van der Waals surface area contributed by atoms with Crippen molar-refractivity contribution >= 4 is 45.6 Å². The number of nitrogens with zero attached hydrogens (tertiary/aromatic N) is 1. The Bertz CT molecular complexity index is 690. The predicted molar refractivity (Wildman–Crippen MR) is 85.1 cm³/mol. The van der Waals surface area contributed by atoms with Crippen molar-refractivity contribution in [2.75, 3.05) is 5.32 Å².